The SMILES string of the molecule is O=C(Cc1ccccc1Br)Nc1cn[nH]c1. The van der Waals surface area contributed by atoms with Crippen molar-refractivity contribution >= 4 is 27.5 Å². The molecule has 2 aromatic rings. The normalized spacial score (nSPS) is 10.1. The molecule has 0 radical (unpaired) electrons. The summed E-state index contributed by atoms with van der Waals surface area (Å²) in [6, 6.07) is 7.66. The van der Waals surface area contributed by atoms with Crippen molar-refractivity contribution in [3.63, 3.8) is 0 Å². The molecule has 1 aromatic heterocycles. The summed E-state index contributed by atoms with van der Waals surface area (Å²) in [7, 11) is 0. The van der Waals surface area contributed by atoms with Gasteiger partial charge in [-0.25, -0.2) is 0 Å². The molecule has 0 saturated heterocycles. The molecule has 1 amide bonds. The number of H-pyrrole nitrogens is 1. The zero-order valence-electron chi connectivity index (χ0n) is 8.40. The first-order valence-corrected chi connectivity index (χ1v) is 5.57. The molecule has 5 heteroatoms. The number of nitrogens with zero attached hydrogens (tertiary/aromatic N) is 1. The lowest BCUT2D eigenvalue weighted by Gasteiger charge is -2.04. The smallest absolute Gasteiger partial charge is 0.228 e. The van der Waals surface area contributed by atoms with Gasteiger partial charge in [0.1, 0.15) is 0 Å². The first kappa shape index (κ1) is 10.9. The Hall–Kier alpha value is -1.62. The van der Waals surface area contributed by atoms with E-state index in [9.17, 15) is 4.79 Å². The van der Waals surface area contributed by atoms with Crippen LogP contribution < -0.4 is 5.32 Å². The van der Waals surface area contributed by atoms with E-state index in [0.717, 1.165) is 10.0 Å². The summed E-state index contributed by atoms with van der Waals surface area (Å²) in [6.45, 7) is 0. The lowest BCUT2D eigenvalue weighted by atomic mass is 10.1. The maximum atomic E-state index is 11.7. The Labute approximate surface area is 101 Å². The zero-order chi connectivity index (χ0) is 11.4. The Kier molecular flexibility index (Phi) is 3.36. The summed E-state index contributed by atoms with van der Waals surface area (Å²) in [5, 5.41) is 9.13. The van der Waals surface area contributed by atoms with Gasteiger partial charge >= 0.3 is 0 Å². The number of carbonyl (C=O) groups is 1. The van der Waals surface area contributed by atoms with Crippen molar-refractivity contribution in [3.05, 3.63) is 46.7 Å². The van der Waals surface area contributed by atoms with E-state index in [-0.39, 0.29) is 5.91 Å². The number of amides is 1. The average molecular weight is 280 g/mol. The molecule has 0 aliphatic heterocycles. The number of anilines is 1. The van der Waals surface area contributed by atoms with Gasteiger partial charge in [0.05, 0.1) is 18.3 Å². The highest BCUT2D eigenvalue weighted by Crippen LogP contribution is 2.16. The number of halogens is 1. The first-order chi connectivity index (χ1) is 7.75. The molecule has 0 aliphatic rings. The summed E-state index contributed by atoms with van der Waals surface area (Å²) in [4.78, 5) is 11.7. The highest BCUT2D eigenvalue weighted by molar-refractivity contribution is 9.10. The van der Waals surface area contributed by atoms with E-state index in [2.05, 4.69) is 31.4 Å². The van der Waals surface area contributed by atoms with Crippen molar-refractivity contribution in [1.29, 1.82) is 0 Å². The molecule has 2 rings (SSSR count). The molecule has 2 N–H and O–H groups in total. The van der Waals surface area contributed by atoms with E-state index in [0.29, 0.717) is 12.1 Å². The van der Waals surface area contributed by atoms with Crippen molar-refractivity contribution in [3.8, 4) is 0 Å². The summed E-state index contributed by atoms with van der Waals surface area (Å²) in [5.41, 5.74) is 1.64. The van der Waals surface area contributed by atoms with Crippen LogP contribution in [0.1, 0.15) is 5.56 Å². The Bertz CT molecular complexity index is 482. The number of aromatic nitrogens is 2. The molecule has 1 heterocycles. The average Bonchev–Trinajstić information content (AvgIpc) is 2.74. The number of benzene rings is 1. The van der Waals surface area contributed by atoms with E-state index >= 15 is 0 Å². The highest BCUT2D eigenvalue weighted by atomic mass is 79.9. The minimum absolute atomic E-state index is 0.0618. The Morgan fingerprint density at radius 1 is 1.44 bits per heavy atom. The molecule has 1 aromatic carbocycles. The van der Waals surface area contributed by atoms with E-state index < -0.39 is 0 Å². The predicted octanol–water partition coefficient (Wildman–Crippen LogP) is 2.35. The number of nitrogens with one attached hydrogen (secondary N) is 2. The zero-order valence-corrected chi connectivity index (χ0v) is 9.99. The van der Waals surface area contributed by atoms with Crippen molar-refractivity contribution < 1.29 is 4.79 Å². The molecule has 82 valence electrons. The van der Waals surface area contributed by atoms with Gasteiger partial charge in [-0.1, -0.05) is 34.1 Å². The number of aromatic amines is 1. The largest absolute Gasteiger partial charge is 0.323 e. The summed E-state index contributed by atoms with van der Waals surface area (Å²) < 4.78 is 0.942. The Morgan fingerprint density at radius 3 is 2.94 bits per heavy atom. The maximum Gasteiger partial charge on any atom is 0.228 e. The topological polar surface area (TPSA) is 57.8 Å². The monoisotopic (exact) mass is 279 g/mol. The van der Waals surface area contributed by atoms with Crippen molar-refractivity contribution in [2.45, 2.75) is 6.42 Å². The fourth-order valence-corrected chi connectivity index (χ4v) is 1.76. The lowest BCUT2D eigenvalue weighted by Crippen LogP contribution is -2.14. The maximum absolute atomic E-state index is 11.7. The van der Waals surface area contributed by atoms with Crippen LogP contribution in [0, 0.1) is 0 Å². The summed E-state index contributed by atoms with van der Waals surface area (Å²) >= 11 is 3.40. The third kappa shape index (κ3) is 2.70. The molecule has 0 atom stereocenters. The van der Waals surface area contributed by atoms with Gasteiger partial charge in [-0.3, -0.25) is 9.89 Å². The molecule has 0 saturated carbocycles. The van der Waals surface area contributed by atoms with Gasteiger partial charge in [-0.15, -0.1) is 0 Å². The van der Waals surface area contributed by atoms with Gasteiger partial charge < -0.3 is 5.32 Å². The molecule has 0 fully saturated rings. The molecule has 16 heavy (non-hydrogen) atoms. The van der Waals surface area contributed by atoms with Gasteiger partial charge in [0, 0.05) is 10.7 Å². The van der Waals surface area contributed by atoms with Crippen molar-refractivity contribution in [2.24, 2.45) is 0 Å². The Balaban J connectivity index is 2.00. The molecular formula is C11H10BrN3O. The third-order valence-electron chi connectivity index (χ3n) is 2.09. The number of rotatable bonds is 3. The number of hydrogen-bond acceptors (Lipinski definition) is 2. The van der Waals surface area contributed by atoms with Crippen LogP contribution in [-0.4, -0.2) is 16.1 Å². The van der Waals surface area contributed by atoms with Gasteiger partial charge in [0.25, 0.3) is 0 Å². The second-order valence-electron chi connectivity index (χ2n) is 3.30. The van der Waals surface area contributed by atoms with Gasteiger partial charge in [-0.05, 0) is 11.6 Å². The minimum atomic E-state index is -0.0618. The van der Waals surface area contributed by atoms with Crippen molar-refractivity contribution in [1.82, 2.24) is 10.2 Å². The van der Waals surface area contributed by atoms with Crippen LogP contribution in [0.25, 0.3) is 0 Å². The van der Waals surface area contributed by atoms with Gasteiger partial charge in [0.2, 0.25) is 5.91 Å². The summed E-state index contributed by atoms with van der Waals surface area (Å²) in [6.07, 6.45) is 3.54. The molecular weight excluding hydrogens is 270 g/mol. The fraction of sp³-hybridized carbons (Fsp3) is 0.0909. The molecule has 0 spiro atoms. The van der Waals surface area contributed by atoms with Crippen LogP contribution in [0.5, 0.6) is 0 Å². The van der Waals surface area contributed by atoms with Gasteiger partial charge in [-0.2, -0.15) is 5.10 Å². The minimum Gasteiger partial charge on any atom is -0.323 e. The second-order valence-corrected chi connectivity index (χ2v) is 4.16. The van der Waals surface area contributed by atoms with Crippen LogP contribution in [0.15, 0.2) is 41.1 Å². The van der Waals surface area contributed by atoms with Crippen LogP contribution in [0.2, 0.25) is 0 Å². The van der Waals surface area contributed by atoms with E-state index in [4.69, 9.17) is 0 Å². The lowest BCUT2D eigenvalue weighted by molar-refractivity contribution is -0.115. The molecule has 0 unspecified atom stereocenters. The molecule has 4 nitrogen and oxygen atoms in total. The highest BCUT2D eigenvalue weighted by Gasteiger charge is 2.06. The summed E-state index contributed by atoms with van der Waals surface area (Å²) in [5.74, 6) is -0.0618. The Morgan fingerprint density at radius 2 is 2.25 bits per heavy atom. The molecule has 0 bridgehead atoms. The predicted molar refractivity (Wildman–Crippen MR) is 65.1 cm³/mol. The van der Waals surface area contributed by atoms with Crippen LogP contribution >= 0.6 is 15.9 Å². The van der Waals surface area contributed by atoms with Gasteiger partial charge in [0.15, 0.2) is 0 Å². The number of carbonyl (C=O) groups excluding carboxylic acids is 1. The second kappa shape index (κ2) is 4.94. The standard InChI is InChI=1S/C11H10BrN3O/c12-10-4-2-1-3-8(10)5-11(16)15-9-6-13-14-7-9/h1-4,6-7H,5H2,(H,13,14)(H,15,16). The van der Waals surface area contributed by atoms with Crippen molar-refractivity contribution in [2.75, 3.05) is 5.32 Å². The van der Waals surface area contributed by atoms with Crippen LogP contribution in [0.4, 0.5) is 5.69 Å². The first-order valence-electron chi connectivity index (χ1n) is 4.78. The van der Waals surface area contributed by atoms with E-state index in [1.807, 2.05) is 24.3 Å². The van der Waals surface area contributed by atoms with E-state index in [1.54, 1.807) is 12.4 Å². The van der Waals surface area contributed by atoms with E-state index in [1.165, 1.54) is 0 Å². The van der Waals surface area contributed by atoms with Crippen LogP contribution in [0.3, 0.4) is 0 Å². The fourth-order valence-electron chi connectivity index (χ4n) is 1.34. The van der Waals surface area contributed by atoms with Crippen LogP contribution in [-0.2, 0) is 11.2 Å². The third-order valence-corrected chi connectivity index (χ3v) is 2.86. The molecule has 0 aliphatic carbocycles. The number of hydrogen-bond donors (Lipinski definition) is 2. The quantitative estimate of drug-likeness (QED) is 0.906.